The van der Waals surface area contributed by atoms with Crippen molar-refractivity contribution in [2.45, 2.75) is 13.0 Å². The van der Waals surface area contributed by atoms with E-state index >= 15 is 0 Å². The van der Waals surface area contributed by atoms with Crippen LogP contribution in [-0.4, -0.2) is 17.9 Å². The van der Waals surface area contributed by atoms with Crippen LogP contribution < -0.4 is 10.6 Å². The minimum Gasteiger partial charge on any atom is -0.378 e. The molecule has 4 nitrogen and oxygen atoms in total. The monoisotopic (exact) mass is 273 g/mol. The number of pyridine rings is 1. The van der Waals surface area contributed by atoms with E-state index in [0.717, 1.165) is 11.3 Å². The molecule has 5 heteroatoms. The molecule has 1 unspecified atom stereocenters. The average molecular weight is 273 g/mol. The summed E-state index contributed by atoms with van der Waals surface area (Å²) in [4.78, 5) is 15.5. The molecule has 1 aromatic carbocycles. The van der Waals surface area contributed by atoms with Gasteiger partial charge in [0, 0.05) is 25.0 Å². The van der Waals surface area contributed by atoms with E-state index in [0.29, 0.717) is 5.69 Å². The second-order valence-corrected chi connectivity index (χ2v) is 4.43. The predicted molar refractivity (Wildman–Crippen MR) is 76.1 cm³/mol. The van der Waals surface area contributed by atoms with Crippen LogP contribution in [0.5, 0.6) is 0 Å². The van der Waals surface area contributed by atoms with E-state index in [9.17, 15) is 9.18 Å². The molecule has 0 aliphatic heterocycles. The number of rotatable bonds is 4. The molecule has 1 atom stereocenters. The van der Waals surface area contributed by atoms with E-state index < -0.39 is 0 Å². The van der Waals surface area contributed by atoms with Crippen LogP contribution in [0.1, 0.15) is 29.0 Å². The van der Waals surface area contributed by atoms with Crippen molar-refractivity contribution in [3.63, 3.8) is 0 Å². The minimum atomic E-state index is -0.267. The Morgan fingerprint density at radius 3 is 2.80 bits per heavy atom. The zero-order chi connectivity index (χ0) is 14.5. The minimum absolute atomic E-state index is 0.0781. The van der Waals surface area contributed by atoms with Crippen molar-refractivity contribution >= 4 is 11.6 Å². The van der Waals surface area contributed by atoms with Gasteiger partial charge in [-0.15, -0.1) is 0 Å². The van der Waals surface area contributed by atoms with Crippen molar-refractivity contribution in [3.8, 4) is 0 Å². The van der Waals surface area contributed by atoms with Crippen LogP contribution in [0.25, 0.3) is 0 Å². The highest BCUT2D eigenvalue weighted by molar-refractivity contribution is 5.92. The first-order valence-electron chi connectivity index (χ1n) is 6.30. The molecular weight excluding hydrogens is 257 g/mol. The standard InChI is InChI=1S/C15H16FN3O/c1-10(11-4-3-5-12(16)8-11)19-13-6-7-18-14(9-13)15(20)17-2/h3-10H,1-2H3,(H,17,20)(H,18,19). The lowest BCUT2D eigenvalue weighted by Gasteiger charge is -2.16. The van der Waals surface area contributed by atoms with Crippen molar-refractivity contribution in [1.82, 2.24) is 10.3 Å². The second kappa shape index (κ2) is 6.14. The first kappa shape index (κ1) is 14.0. The largest absolute Gasteiger partial charge is 0.378 e. The first-order chi connectivity index (χ1) is 9.60. The van der Waals surface area contributed by atoms with Gasteiger partial charge < -0.3 is 10.6 Å². The summed E-state index contributed by atoms with van der Waals surface area (Å²) in [6.07, 6.45) is 1.56. The number of aromatic nitrogens is 1. The highest BCUT2D eigenvalue weighted by Crippen LogP contribution is 2.19. The molecule has 0 saturated heterocycles. The fraction of sp³-hybridized carbons (Fsp3) is 0.200. The van der Waals surface area contributed by atoms with E-state index in [1.807, 2.05) is 13.0 Å². The normalized spacial score (nSPS) is 11.8. The zero-order valence-electron chi connectivity index (χ0n) is 11.4. The Morgan fingerprint density at radius 2 is 2.10 bits per heavy atom. The Balaban J connectivity index is 2.15. The summed E-state index contributed by atoms with van der Waals surface area (Å²) < 4.78 is 13.2. The Bertz CT molecular complexity index is 616. The summed E-state index contributed by atoms with van der Waals surface area (Å²) in [7, 11) is 1.56. The van der Waals surface area contributed by atoms with Gasteiger partial charge in [0.15, 0.2) is 0 Å². The smallest absolute Gasteiger partial charge is 0.269 e. The Labute approximate surface area is 117 Å². The number of amides is 1. The highest BCUT2D eigenvalue weighted by atomic mass is 19.1. The molecule has 1 amide bonds. The van der Waals surface area contributed by atoms with Gasteiger partial charge in [-0.3, -0.25) is 9.78 Å². The summed E-state index contributed by atoms with van der Waals surface area (Å²) in [5.74, 6) is -0.510. The quantitative estimate of drug-likeness (QED) is 0.900. The average Bonchev–Trinajstić information content (AvgIpc) is 2.46. The molecule has 104 valence electrons. The van der Waals surface area contributed by atoms with E-state index in [1.54, 1.807) is 31.4 Å². The van der Waals surface area contributed by atoms with Gasteiger partial charge in [0.2, 0.25) is 0 Å². The molecule has 0 aliphatic carbocycles. The molecule has 20 heavy (non-hydrogen) atoms. The molecule has 1 aromatic heterocycles. The number of halogens is 1. The van der Waals surface area contributed by atoms with Gasteiger partial charge in [-0.1, -0.05) is 12.1 Å². The summed E-state index contributed by atoms with van der Waals surface area (Å²) in [5.41, 5.74) is 1.93. The number of nitrogens with one attached hydrogen (secondary N) is 2. The summed E-state index contributed by atoms with van der Waals surface area (Å²) >= 11 is 0. The van der Waals surface area contributed by atoms with Gasteiger partial charge in [0.25, 0.3) is 5.91 Å². The van der Waals surface area contributed by atoms with Crippen molar-refractivity contribution in [2.24, 2.45) is 0 Å². The summed E-state index contributed by atoms with van der Waals surface area (Å²) in [6.45, 7) is 1.93. The Morgan fingerprint density at radius 1 is 1.30 bits per heavy atom. The van der Waals surface area contributed by atoms with Crippen LogP contribution in [0.15, 0.2) is 42.6 Å². The Kier molecular flexibility index (Phi) is 4.30. The maximum absolute atomic E-state index is 13.2. The lowest BCUT2D eigenvalue weighted by Crippen LogP contribution is -2.19. The van der Waals surface area contributed by atoms with E-state index in [2.05, 4.69) is 15.6 Å². The van der Waals surface area contributed by atoms with E-state index in [4.69, 9.17) is 0 Å². The third-order valence-electron chi connectivity index (χ3n) is 2.95. The molecule has 0 saturated carbocycles. The third-order valence-corrected chi connectivity index (χ3v) is 2.95. The van der Waals surface area contributed by atoms with E-state index in [-0.39, 0.29) is 17.8 Å². The number of carbonyl (C=O) groups excluding carboxylic acids is 1. The van der Waals surface area contributed by atoms with Gasteiger partial charge in [0.1, 0.15) is 11.5 Å². The van der Waals surface area contributed by atoms with Crippen LogP contribution >= 0.6 is 0 Å². The molecule has 2 N–H and O–H groups in total. The topological polar surface area (TPSA) is 54.0 Å². The Hall–Kier alpha value is -2.43. The second-order valence-electron chi connectivity index (χ2n) is 4.43. The first-order valence-corrected chi connectivity index (χ1v) is 6.30. The highest BCUT2D eigenvalue weighted by Gasteiger charge is 2.09. The molecule has 2 aromatic rings. The van der Waals surface area contributed by atoms with Crippen molar-refractivity contribution < 1.29 is 9.18 Å². The number of nitrogens with zero attached hydrogens (tertiary/aromatic N) is 1. The number of benzene rings is 1. The zero-order valence-corrected chi connectivity index (χ0v) is 11.4. The number of hydrogen-bond donors (Lipinski definition) is 2. The third kappa shape index (κ3) is 3.32. The van der Waals surface area contributed by atoms with Gasteiger partial charge in [0.05, 0.1) is 0 Å². The van der Waals surface area contributed by atoms with Crippen LogP contribution in [0.3, 0.4) is 0 Å². The van der Waals surface area contributed by atoms with E-state index in [1.165, 1.54) is 12.1 Å². The van der Waals surface area contributed by atoms with Gasteiger partial charge in [-0.05, 0) is 36.8 Å². The number of hydrogen-bond acceptors (Lipinski definition) is 3. The fourth-order valence-corrected chi connectivity index (χ4v) is 1.88. The number of anilines is 1. The lowest BCUT2D eigenvalue weighted by atomic mass is 10.1. The molecule has 0 aliphatic rings. The van der Waals surface area contributed by atoms with Crippen LogP contribution in [0.2, 0.25) is 0 Å². The lowest BCUT2D eigenvalue weighted by molar-refractivity contribution is 0.0958. The van der Waals surface area contributed by atoms with Gasteiger partial charge in [-0.25, -0.2) is 4.39 Å². The molecule has 1 heterocycles. The van der Waals surface area contributed by atoms with Crippen molar-refractivity contribution in [1.29, 1.82) is 0 Å². The summed E-state index contributed by atoms with van der Waals surface area (Å²) in [5, 5.41) is 5.74. The van der Waals surface area contributed by atoms with Crippen molar-refractivity contribution in [3.05, 3.63) is 59.7 Å². The maximum Gasteiger partial charge on any atom is 0.269 e. The predicted octanol–water partition coefficient (Wildman–Crippen LogP) is 2.75. The van der Waals surface area contributed by atoms with Crippen molar-refractivity contribution in [2.75, 3.05) is 12.4 Å². The molecule has 0 fully saturated rings. The molecular formula is C15H16FN3O. The van der Waals surface area contributed by atoms with Gasteiger partial charge in [-0.2, -0.15) is 0 Å². The molecule has 0 spiro atoms. The van der Waals surface area contributed by atoms with Gasteiger partial charge >= 0.3 is 0 Å². The number of carbonyl (C=O) groups is 1. The molecule has 0 radical (unpaired) electrons. The SMILES string of the molecule is CNC(=O)c1cc(NC(C)c2cccc(F)c2)ccn1. The van der Waals surface area contributed by atoms with Crippen LogP contribution in [-0.2, 0) is 0 Å². The molecule has 2 rings (SSSR count). The fourth-order valence-electron chi connectivity index (χ4n) is 1.88. The maximum atomic E-state index is 13.2. The molecule has 0 bridgehead atoms. The summed E-state index contributed by atoms with van der Waals surface area (Å²) in [6, 6.07) is 9.76. The van der Waals surface area contributed by atoms with Crippen LogP contribution in [0, 0.1) is 5.82 Å². The van der Waals surface area contributed by atoms with Crippen LogP contribution in [0.4, 0.5) is 10.1 Å².